The second-order valence-electron chi connectivity index (χ2n) is 2.66. The summed E-state index contributed by atoms with van der Waals surface area (Å²) in [7, 11) is 0. The summed E-state index contributed by atoms with van der Waals surface area (Å²) in [5.41, 5.74) is -1.27. The first kappa shape index (κ1) is 11.6. The van der Waals surface area contributed by atoms with Gasteiger partial charge in [-0.2, -0.15) is 0 Å². The summed E-state index contributed by atoms with van der Waals surface area (Å²) in [6, 6.07) is 0. The van der Waals surface area contributed by atoms with E-state index in [2.05, 4.69) is 6.58 Å². The van der Waals surface area contributed by atoms with Crippen molar-refractivity contribution in [1.29, 1.82) is 0 Å². The quantitative estimate of drug-likeness (QED) is 0.468. The van der Waals surface area contributed by atoms with Crippen LogP contribution in [0.4, 0.5) is 0 Å². The van der Waals surface area contributed by atoms with Gasteiger partial charge in [0.25, 0.3) is 0 Å². The third kappa shape index (κ3) is 2.57. The molecule has 1 unspecified atom stereocenters. The molecule has 0 aliphatic carbocycles. The molecule has 3 N–H and O–H groups in total. The standard InChI is InChI=1S/C8H16O4/c1-3-4-12-8(5-9,6-10)7(2)11/h3,7,9-11H,1,4-6H2,2H3. The van der Waals surface area contributed by atoms with Crippen LogP contribution in [-0.2, 0) is 4.74 Å². The van der Waals surface area contributed by atoms with Gasteiger partial charge in [-0.3, -0.25) is 0 Å². The third-order valence-corrected chi connectivity index (χ3v) is 1.79. The van der Waals surface area contributed by atoms with Gasteiger partial charge < -0.3 is 20.1 Å². The minimum absolute atomic E-state index is 0.187. The Kier molecular flexibility index (Phi) is 5.08. The van der Waals surface area contributed by atoms with Crippen molar-refractivity contribution in [2.75, 3.05) is 19.8 Å². The monoisotopic (exact) mass is 176 g/mol. The molecule has 0 heterocycles. The molecule has 0 aromatic carbocycles. The lowest BCUT2D eigenvalue weighted by Gasteiger charge is -2.32. The van der Waals surface area contributed by atoms with Gasteiger partial charge >= 0.3 is 0 Å². The van der Waals surface area contributed by atoms with Crippen molar-refractivity contribution in [2.45, 2.75) is 18.6 Å². The van der Waals surface area contributed by atoms with Gasteiger partial charge in [-0.1, -0.05) is 6.08 Å². The van der Waals surface area contributed by atoms with Gasteiger partial charge in [0.2, 0.25) is 0 Å². The van der Waals surface area contributed by atoms with Gasteiger partial charge in [-0.15, -0.1) is 6.58 Å². The molecule has 0 saturated carbocycles. The largest absolute Gasteiger partial charge is 0.393 e. The van der Waals surface area contributed by atoms with E-state index >= 15 is 0 Å². The van der Waals surface area contributed by atoms with Crippen LogP contribution in [0.25, 0.3) is 0 Å². The fourth-order valence-electron chi connectivity index (χ4n) is 0.751. The zero-order valence-corrected chi connectivity index (χ0v) is 7.23. The van der Waals surface area contributed by atoms with Crippen molar-refractivity contribution < 1.29 is 20.1 Å². The van der Waals surface area contributed by atoms with Gasteiger partial charge in [0, 0.05) is 0 Å². The van der Waals surface area contributed by atoms with Crippen molar-refractivity contribution in [3.63, 3.8) is 0 Å². The van der Waals surface area contributed by atoms with E-state index in [0.717, 1.165) is 0 Å². The third-order valence-electron chi connectivity index (χ3n) is 1.79. The molecule has 0 fully saturated rings. The predicted octanol–water partition coefficient (Wildman–Crippen LogP) is -0.707. The molecule has 72 valence electrons. The number of ether oxygens (including phenoxy) is 1. The molecule has 0 aromatic rings. The highest BCUT2D eigenvalue weighted by atomic mass is 16.5. The first-order valence-electron chi connectivity index (χ1n) is 3.77. The molecule has 0 amide bonds. The molecular formula is C8H16O4. The fourth-order valence-corrected chi connectivity index (χ4v) is 0.751. The Morgan fingerprint density at radius 1 is 1.50 bits per heavy atom. The predicted molar refractivity (Wildman–Crippen MR) is 44.7 cm³/mol. The summed E-state index contributed by atoms with van der Waals surface area (Å²) in [4.78, 5) is 0. The van der Waals surface area contributed by atoms with E-state index < -0.39 is 24.9 Å². The highest BCUT2D eigenvalue weighted by Crippen LogP contribution is 2.14. The van der Waals surface area contributed by atoms with Gasteiger partial charge in [0.15, 0.2) is 0 Å². The maximum absolute atomic E-state index is 9.21. The Bertz CT molecular complexity index is 129. The van der Waals surface area contributed by atoms with Crippen LogP contribution in [0.1, 0.15) is 6.92 Å². The normalized spacial score (nSPS) is 14.3. The molecule has 0 saturated heterocycles. The lowest BCUT2D eigenvalue weighted by atomic mass is 10.00. The van der Waals surface area contributed by atoms with Crippen LogP contribution in [0.2, 0.25) is 0 Å². The minimum atomic E-state index is -1.27. The van der Waals surface area contributed by atoms with E-state index in [9.17, 15) is 5.11 Å². The van der Waals surface area contributed by atoms with Gasteiger partial charge in [-0.05, 0) is 6.92 Å². The first-order valence-corrected chi connectivity index (χ1v) is 3.77. The first-order chi connectivity index (χ1) is 5.63. The zero-order chi connectivity index (χ0) is 9.61. The summed E-state index contributed by atoms with van der Waals surface area (Å²) >= 11 is 0. The summed E-state index contributed by atoms with van der Waals surface area (Å²) < 4.78 is 5.07. The maximum Gasteiger partial charge on any atom is 0.140 e. The lowest BCUT2D eigenvalue weighted by Crippen LogP contribution is -2.50. The van der Waals surface area contributed by atoms with E-state index in [1.807, 2.05) is 0 Å². The zero-order valence-electron chi connectivity index (χ0n) is 7.23. The molecule has 0 aliphatic heterocycles. The highest BCUT2D eigenvalue weighted by Gasteiger charge is 2.34. The molecule has 0 radical (unpaired) electrons. The number of rotatable bonds is 6. The van der Waals surface area contributed by atoms with Crippen LogP contribution >= 0.6 is 0 Å². The Morgan fingerprint density at radius 2 is 2.00 bits per heavy atom. The Morgan fingerprint density at radius 3 is 2.25 bits per heavy atom. The molecule has 0 spiro atoms. The molecule has 1 atom stereocenters. The highest BCUT2D eigenvalue weighted by molar-refractivity contribution is 4.86. The van der Waals surface area contributed by atoms with E-state index in [1.54, 1.807) is 0 Å². The molecular weight excluding hydrogens is 160 g/mol. The lowest BCUT2D eigenvalue weighted by molar-refractivity contribution is -0.156. The average molecular weight is 176 g/mol. The maximum atomic E-state index is 9.21. The fraction of sp³-hybridized carbons (Fsp3) is 0.750. The number of hydrogen-bond donors (Lipinski definition) is 3. The Hall–Kier alpha value is -0.420. The summed E-state index contributed by atoms with van der Waals surface area (Å²) in [5, 5.41) is 27.0. The van der Waals surface area contributed by atoms with Crippen LogP contribution in [0.5, 0.6) is 0 Å². The number of aliphatic hydroxyl groups is 3. The van der Waals surface area contributed by atoms with Gasteiger partial charge in [0.05, 0.1) is 25.9 Å². The molecule has 0 rings (SSSR count). The summed E-state index contributed by atoms with van der Waals surface area (Å²) in [6.45, 7) is 4.22. The van der Waals surface area contributed by atoms with Crippen molar-refractivity contribution in [1.82, 2.24) is 0 Å². The number of aliphatic hydroxyl groups excluding tert-OH is 3. The van der Waals surface area contributed by atoms with Crippen LogP contribution in [-0.4, -0.2) is 46.8 Å². The topological polar surface area (TPSA) is 69.9 Å². The summed E-state index contributed by atoms with van der Waals surface area (Å²) in [5.74, 6) is 0. The van der Waals surface area contributed by atoms with Crippen LogP contribution < -0.4 is 0 Å². The average Bonchev–Trinajstić information content (AvgIpc) is 2.07. The van der Waals surface area contributed by atoms with Gasteiger partial charge in [0.1, 0.15) is 5.60 Å². The van der Waals surface area contributed by atoms with E-state index in [-0.39, 0.29) is 6.61 Å². The Balaban J connectivity index is 4.24. The molecule has 4 heteroatoms. The van der Waals surface area contributed by atoms with E-state index in [4.69, 9.17) is 14.9 Å². The molecule has 0 aromatic heterocycles. The second kappa shape index (κ2) is 5.27. The van der Waals surface area contributed by atoms with Crippen LogP contribution in [0.15, 0.2) is 12.7 Å². The summed E-state index contributed by atoms with van der Waals surface area (Å²) in [6.07, 6.45) is 0.565. The smallest absolute Gasteiger partial charge is 0.140 e. The molecule has 4 nitrogen and oxygen atoms in total. The van der Waals surface area contributed by atoms with Crippen molar-refractivity contribution in [3.05, 3.63) is 12.7 Å². The van der Waals surface area contributed by atoms with Crippen LogP contribution in [0, 0.1) is 0 Å². The SMILES string of the molecule is C=CCOC(CO)(CO)C(C)O. The Labute approximate surface area is 72.1 Å². The van der Waals surface area contributed by atoms with Gasteiger partial charge in [-0.25, -0.2) is 0 Å². The molecule has 0 aliphatic rings. The van der Waals surface area contributed by atoms with Crippen molar-refractivity contribution in [3.8, 4) is 0 Å². The van der Waals surface area contributed by atoms with Crippen LogP contribution in [0.3, 0.4) is 0 Å². The minimum Gasteiger partial charge on any atom is -0.393 e. The van der Waals surface area contributed by atoms with Crippen molar-refractivity contribution in [2.24, 2.45) is 0 Å². The molecule has 12 heavy (non-hydrogen) atoms. The molecule has 0 bridgehead atoms. The second-order valence-corrected chi connectivity index (χ2v) is 2.66. The van der Waals surface area contributed by atoms with E-state index in [1.165, 1.54) is 13.0 Å². The van der Waals surface area contributed by atoms with Crippen molar-refractivity contribution >= 4 is 0 Å². The number of hydrogen-bond acceptors (Lipinski definition) is 4. The van der Waals surface area contributed by atoms with E-state index in [0.29, 0.717) is 0 Å².